The first kappa shape index (κ1) is 23.0. The number of hydrogen-bond acceptors (Lipinski definition) is 5. The molecule has 2 rings (SSSR count). The van der Waals surface area contributed by atoms with Gasteiger partial charge in [0.15, 0.2) is 11.5 Å². The zero-order chi connectivity index (χ0) is 21.6. The van der Waals surface area contributed by atoms with Crippen molar-refractivity contribution in [1.82, 2.24) is 0 Å². The van der Waals surface area contributed by atoms with Crippen LogP contribution in [0.3, 0.4) is 0 Å². The lowest BCUT2D eigenvalue weighted by Crippen LogP contribution is -2.13. The second-order valence-corrected chi connectivity index (χ2v) is 7.59. The minimum absolute atomic E-state index is 0.130. The Kier molecular flexibility index (Phi) is 8.32. The summed E-state index contributed by atoms with van der Waals surface area (Å²) in [4.78, 5) is 23.8. The summed E-state index contributed by atoms with van der Waals surface area (Å²) in [6.07, 6.45) is 1.41. The Hall–Kier alpha value is -2.28. The largest absolute Gasteiger partial charge is 0.490 e. The summed E-state index contributed by atoms with van der Waals surface area (Å²) in [5, 5.41) is 12.7. The van der Waals surface area contributed by atoms with Crippen molar-refractivity contribution in [3.63, 3.8) is 0 Å². The van der Waals surface area contributed by atoms with Gasteiger partial charge in [-0.05, 0) is 71.5 Å². The van der Waals surface area contributed by atoms with E-state index in [2.05, 4.69) is 5.32 Å². The molecule has 0 radical (unpaired) electrons. The van der Waals surface area contributed by atoms with Gasteiger partial charge in [0.25, 0.3) is 5.91 Å². The van der Waals surface area contributed by atoms with Crippen molar-refractivity contribution in [3.8, 4) is 17.6 Å². The standard InChI is InChI=1S/C20H15Cl2IN2O4/c1-3-28-18-8-12(7-17(23)19(18)29-11(2)26)6-13(10-24)20(27)25-14-4-5-15(21)16(22)9-14/h4-9H,3H2,1-2H3,(H,25,27)/b13-6-. The number of halogens is 3. The molecule has 0 saturated carbocycles. The Bertz CT molecular complexity index is 1030. The monoisotopic (exact) mass is 544 g/mol. The molecule has 0 aliphatic heterocycles. The van der Waals surface area contributed by atoms with Crippen molar-refractivity contribution in [2.75, 3.05) is 11.9 Å². The van der Waals surface area contributed by atoms with Crippen LogP contribution in [0.15, 0.2) is 35.9 Å². The van der Waals surface area contributed by atoms with Crippen molar-refractivity contribution < 1.29 is 19.1 Å². The molecule has 0 saturated heterocycles. The van der Waals surface area contributed by atoms with Crippen LogP contribution < -0.4 is 14.8 Å². The number of nitrogens with zero attached hydrogens (tertiary/aromatic N) is 1. The minimum atomic E-state index is -0.608. The van der Waals surface area contributed by atoms with Crippen molar-refractivity contribution in [2.24, 2.45) is 0 Å². The Balaban J connectivity index is 2.36. The molecular formula is C20H15Cl2IN2O4. The van der Waals surface area contributed by atoms with E-state index in [1.165, 1.54) is 19.1 Å². The van der Waals surface area contributed by atoms with Crippen LogP contribution in [0.5, 0.6) is 11.5 Å². The van der Waals surface area contributed by atoms with Gasteiger partial charge in [0.2, 0.25) is 0 Å². The smallest absolute Gasteiger partial charge is 0.308 e. The molecule has 1 N–H and O–H groups in total. The quantitative estimate of drug-likeness (QED) is 0.171. The number of carbonyl (C=O) groups is 2. The fourth-order valence-corrected chi connectivity index (χ4v) is 3.30. The zero-order valence-corrected chi connectivity index (χ0v) is 19.1. The predicted molar refractivity (Wildman–Crippen MR) is 120 cm³/mol. The fraction of sp³-hybridized carbons (Fsp3) is 0.150. The van der Waals surface area contributed by atoms with Crippen molar-refractivity contribution in [2.45, 2.75) is 13.8 Å². The lowest BCUT2D eigenvalue weighted by molar-refractivity contribution is -0.132. The zero-order valence-electron chi connectivity index (χ0n) is 15.4. The summed E-state index contributed by atoms with van der Waals surface area (Å²) in [5.74, 6) is -0.465. The molecule has 6 nitrogen and oxygen atoms in total. The number of rotatable bonds is 6. The van der Waals surface area contributed by atoms with Crippen LogP contribution in [0.25, 0.3) is 6.08 Å². The van der Waals surface area contributed by atoms with Gasteiger partial charge in [0.1, 0.15) is 11.6 Å². The molecule has 0 aliphatic carbocycles. The first-order chi connectivity index (χ1) is 13.7. The molecule has 9 heteroatoms. The highest BCUT2D eigenvalue weighted by molar-refractivity contribution is 14.1. The van der Waals surface area contributed by atoms with Crippen molar-refractivity contribution in [3.05, 3.63) is 55.1 Å². The van der Waals surface area contributed by atoms with E-state index < -0.39 is 11.9 Å². The molecule has 0 fully saturated rings. The number of carbonyl (C=O) groups excluding carboxylic acids is 2. The number of amides is 1. The van der Waals surface area contributed by atoms with E-state index >= 15 is 0 Å². The number of anilines is 1. The summed E-state index contributed by atoms with van der Waals surface area (Å²) in [5.41, 5.74) is 0.810. The maximum Gasteiger partial charge on any atom is 0.308 e. The number of nitrogens with one attached hydrogen (secondary N) is 1. The van der Waals surface area contributed by atoms with Crippen LogP contribution in [-0.2, 0) is 9.59 Å². The molecule has 0 atom stereocenters. The Morgan fingerprint density at radius 2 is 1.97 bits per heavy atom. The summed E-state index contributed by atoms with van der Waals surface area (Å²) in [7, 11) is 0. The van der Waals surface area contributed by atoms with Crippen LogP contribution in [0.2, 0.25) is 10.0 Å². The average Bonchev–Trinajstić information content (AvgIpc) is 2.65. The topological polar surface area (TPSA) is 88.4 Å². The number of nitriles is 1. The average molecular weight is 545 g/mol. The molecule has 0 heterocycles. The van der Waals surface area contributed by atoms with E-state index in [0.717, 1.165) is 0 Å². The van der Waals surface area contributed by atoms with Gasteiger partial charge in [0.05, 0.1) is 20.2 Å². The number of hydrogen-bond donors (Lipinski definition) is 1. The third-order valence-corrected chi connectivity index (χ3v) is 4.97. The fourth-order valence-electron chi connectivity index (χ4n) is 2.26. The molecule has 150 valence electrons. The Morgan fingerprint density at radius 1 is 1.24 bits per heavy atom. The number of benzene rings is 2. The molecule has 2 aromatic rings. The second kappa shape index (κ2) is 10.5. The molecule has 0 aliphatic rings. The summed E-state index contributed by atoms with van der Waals surface area (Å²) in [6.45, 7) is 3.43. The number of ether oxygens (including phenoxy) is 2. The molecule has 0 unspecified atom stereocenters. The van der Waals surface area contributed by atoms with E-state index in [0.29, 0.717) is 32.2 Å². The van der Waals surface area contributed by atoms with Crippen molar-refractivity contribution >= 4 is 69.4 Å². The predicted octanol–water partition coefficient (Wildman–Crippen LogP) is 5.47. The van der Waals surface area contributed by atoms with Crippen LogP contribution in [0, 0.1) is 14.9 Å². The molecule has 0 aromatic heterocycles. The molecule has 0 bridgehead atoms. The van der Waals surface area contributed by atoms with E-state index in [9.17, 15) is 14.9 Å². The lowest BCUT2D eigenvalue weighted by atomic mass is 10.1. The van der Waals surface area contributed by atoms with E-state index in [1.54, 1.807) is 31.2 Å². The summed E-state index contributed by atoms with van der Waals surface area (Å²) in [6, 6.07) is 9.74. The van der Waals surface area contributed by atoms with Gasteiger partial charge in [-0.2, -0.15) is 5.26 Å². The lowest BCUT2D eigenvalue weighted by Gasteiger charge is -2.13. The molecule has 29 heavy (non-hydrogen) atoms. The molecular weight excluding hydrogens is 530 g/mol. The van der Waals surface area contributed by atoms with Crippen LogP contribution in [-0.4, -0.2) is 18.5 Å². The van der Waals surface area contributed by atoms with Gasteiger partial charge in [0, 0.05) is 12.6 Å². The number of esters is 1. The van der Waals surface area contributed by atoms with Gasteiger partial charge < -0.3 is 14.8 Å². The summed E-state index contributed by atoms with van der Waals surface area (Å²) < 4.78 is 11.3. The highest BCUT2D eigenvalue weighted by Gasteiger charge is 2.16. The van der Waals surface area contributed by atoms with Crippen LogP contribution in [0.4, 0.5) is 5.69 Å². The van der Waals surface area contributed by atoms with Gasteiger partial charge in [-0.3, -0.25) is 9.59 Å². The van der Waals surface area contributed by atoms with E-state index in [-0.39, 0.29) is 16.3 Å². The normalized spacial score (nSPS) is 10.8. The second-order valence-electron chi connectivity index (χ2n) is 5.61. The maximum absolute atomic E-state index is 12.5. The highest BCUT2D eigenvalue weighted by atomic mass is 127. The van der Waals surface area contributed by atoms with Crippen LogP contribution >= 0.6 is 45.8 Å². The third-order valence-electron chi connectivity index (χ3n) is 3.43. The van der Waals surface area contributed by atoms with Gasteiger partial charge >= 0.3 is 5.97 Å². The van der Waals surface area contributed by atoms with Gasteiger partial charge in [-0.1, -0.05) is 23.2 Å². The molecule has 1 amide bonds. The van der Waals surface area contributed by atoms with E-state index in [4.69, 9.17) is 32.7 Å². The first-order valence-electron chi connectivity index (χ1n) is 8.28. The third kappa shape index (κ3) is 6.35. The Labute approximate surface area is 191 Å². The maximum atomic E-state index is 12.5. The van der Waals surface area contributed by atoms with Gasteiger partial charge in [-0.15, -0.1) is 0 Å². The first-order valence-corrected chi connectivity index (χ1v) is 10.1. The van der Waals surface area contributed by atoms with Gasteiger partial charge in [-0.25, -0.2) is 0 Å². The molecule has 0 spiro atoms. The Morgan fingerprint density at radius 3 is 2.55 bits per heavy atom. The SMILES string of the molecule is CCOc1cc(/C=C(/C#N)C(=O)Nc2ccc(Cl)c(Cl)c2)cc(I)c1OC(C)=O. The highest BCUT2D eigenvalue weighted by Crippen LogP contribution is 2.35. The molecule has 2 aromatic carbocycles. The van der Waals surface area contributed by atoms with Crippen LogP contribution in [0.1, 0.15) is 19.4 Å². The minimum Gasteiger partial charge on any atom is -0.490 e. The summed E-state index contributed by atoms with van der Waals surface area (Å²) >= 11 is 13.8. The van der Waals surface area contributed by atoms with Crippen molar-refractivity contribution in [1.29, 1.82) is 5.26 Å². The van der Waals surface area contributed by atoms with E-state index in [1.807, 2.05) is 28.7 Å².